The second-order valence-electron chi connectivity index (χ2n) is 5.40. The lowest BCUT2D eigenvalue weighted by Gasteiger charge is -2.16. The zero-order chi connectivity index (χ0) is 15.8. The number of benzene rings is 3. The third-order valence-electron chi connectivity index (χ3n) is 4.08. The summed E-state index contributed by atoms with van der Waals surface area (Å²) in [5.41, 5.74) is 4.28. The van der Waals surface area contributed by atoms with Crippen molar-refractivity contribution >= 4 is 5.69 Å². The number of nitrogens with zero attached hydrogens (tertiary/aromatic N) is 1. The first-order valence-corrected chi connectivity index (χ1v) is 7.34. The van der Waals surface area contributed by atoms with Crippen LogP contribution in [0.15, 0.2) is 72.8 Å². The summed E-state index contributed by atoms with van der Waals surface area (Å²) >= 11 is 0. The zero-order valence-corrected chi connectivity index (χ0v) is 12.2. The highest BCUT2D eigenvalue weighted by atomic mass is 16.6. The van der Waals surface area contributed by atoms with Gasteiger partial charge in [-0.05, 0) is 17.2 Å². The fraction of sp³-hybridized carbons (Fsp3) is 0.0526. The van der Waals surface area contributed by atoms with Crippen LogP contribution in [-0.4, -0.2) is 4.92 Å². The maximum absolute atomic E-state index is 11.2. The molecule has 0 spiro atoms. The van der Waals surface area contributed by atoms with Crippen molar-refractivity contribution in [3.63, 3.8) is 0 Å². The van der Waals surface area contributed by atoms with Crippen LogP contribution in [0.4, 0.5) is 5.69 Å². The fourth-order valence-corrected chi connectivity index (χ4v) is 3.07. The van der Waals surface area contributed by atoms with Gasteiger partial charge in [-0.25, -0.2) is 0 Å². The minimum Gasteiger partial charge on any atom is -0.474 e. The lowest BCUT2D eigenvalue weighted by molar-refractivity contribution is -0.386. The standard InChI is InChI=1S/C19H13NO3/c21-20(22)17-11-5-6-12-18(17)23-19-15-9-3-1-7-13(15)14-8-2-4-10-16(14)19/h1-12,19H. The smallest absolute Gasteiger partial charge is 0.310 e. The van der Waals surface area contributed by atoms with Gasteiger partial charge < -0.3 is 4.74 Å². The Morgan fingerprint density at radius 3 is 1.91 bits per heavy atom. The van der Waals surface area contributed by atoms with Gasteiger partial charge in [0.1, 0.15) is 0 Å². The number of nitro benzene ring substituents is 1. The second kappa shape index (κ2) is 5.25. The van der Waals surface area contributed by atoms with Crippen molar-refractivity contribution < 1.29 is 9.66 Å². The Balaban J connectivity index is 1.83. The Morgan fingerprint density at radius 2 is 1.30 bits per heavy atom. The molecule has 1 aliphatic carbocycles. The fourth-order valence-electron chi connectivity index (χ4n) is 3.07. The van der Waals surface area contributed by atoms with Crippen molar-refractivity contribution in [2.75, 3.05) is 0 Å². The van der Waals surface area contributed by atoms with Crippen LogP contribution in [0.1, 0.15) is 17.2 Å². The van der Waals surface area contributed by atoms with Gasteiger partial charge in [0.2, 0.25) is 0 Å². The Kier molecular flexibility index (Phi) is 3.08. The number of rotatable bonds is 3. The molecule has 0 radical (unpaired) electrons. The molecule has 4 rings (SSSR count). The van der Waals surface area contributed by atoms with Crippen molar-refractivity contribution in [1.82, 2.24) is 0 Å². The molecule has 23 heavy (non-hydrogen) atoms. The molecule has 0 N–H and O–H groups in total. The van der Waals surface area contributed by atoms with Gasteiger partial charge >= 0.3 is 5.69 Å². The molecule has 4 heteroatoms. The first-order chi connectivity index (χ1) is 11.3. The summed E-state index contributed by atoms with van der Waals surface area (Å²) in [4.78, 5) is 10.8. The average molecular weight is 303 g/mol. The molecule has 0 saturated carbocycles. The van der Waals surface area contributed by atoms with Crippen LogP contribution < -0.4 is 4.74 Å². The van der Waals surface area contributed by atoms with Gasteiger partial charge in [-0.2, -0.15) is 0 Å². The van der Waals surface area contributed by atoms with E-state index in [-0.39, 0.29) is 17.5 Å². The van der Waals surface area contributed by atoms with Crippen molar-refractivity contribution in [3.05, 3.63) is 94.0 Å². The quantitative estimate of drug-likeness (QED) is 0.518. The molecule has 0 bridgehead atoms. The number of para-hydroxylation sites is 2. The lowest BCUT2D eigenvalue weighted by atomic mass is 10.1. The van der Waals surface area contributed by atoms with Crippen LogP contribution in [0.25, 0.3) is 11.1 Å². The van der Waals surface area contributed by atoms with Crippen molar-refractivity contribution in [3.8, 4) is 16.9 Å². The van der Waals surface area contributed by atoms with Gasteiger partial charge in [0.15, 0.2) is 11.9 Å². The summed E-state index contributed by atoms with van der Waals surface area (Å²) in [5.74, 6) is 0.286. The Hall–Kier alpha value is -3.14. The number of nitro groups is 1. The van der Waals surface area contributed by atoms with E-state index >= 15 is 0 Å². The van der Waals surface area contributed by atoms with E-state index in [1.807, 2.05) is 36.4 Å². The van der Waals surface area contributed by atoms with Gasteiger partial charge in [-0.1, -0.05) is 60.7 Å². The number of ether oxygens (including phenoxy) is 1. The minimum atomic E-state index is -0.415. The van der Waals surface area contributed by atoms with E-state index in [2.05, 4.69) is 12.1 Å². The highest BCUT2D eigenvalue weighted by Crippen LogP contribution is 2.46. The van der Waals surface area contributed by atoms with Crippen LogP contribution in [0.2, 0.25) is 0 Å². The lowest BCUT2D eigenvalue weighted by Crippen LogP contribution is -2.07. The molecule has 0 heterocycles. The van der Waals surface area contributed by atoms with Crippen molar-refractivity contribution in [2.24, 2.45) is 0 Å². The van der Waals surface area contributed by atoms with E-state index in [1.165, 1.54) is 6.07 Å². The van der Waals surface area contributed by atoms with E-state index in [9.17, 15) is 10.1 Å². The molecule has 4 nitrogen and oxygen atoms in total. The molecule has 0 amide bonds. The van der Waals surface area contributed by atoms with Crippen LogP contribution >= 0.6 is 0 Å². The Morgan fingerprint density at radius 1 is 0.783 bits per heavy atom. The highest BCUT2D eigenvalue weighted by molar-refractivity contribution is 5.78. The van der Waals surface area contributed by atoms with Crippen LogP contribution in [0.3, 0.4) is 0 Å². The summed E-state index contributed by atoms with van der Waals surface area (Å²) in [6, 6.07) is 22.5. The first kappa shape index (κ1) is 13.5. The minimum absolute atomic E-state index is 0.0191. The maximum atomic E-state index is 11.2. The molecule has 0 aromatic heterocycles. The second-order valence-corrected chi connectivity index (χ2v) is 5.40. The number of fused-ring (bicyclic) bond motifs is 3. The predicted molar refractivity (Wildman–Crippen MR) is 87.4 cm³/mol. The van der Waals surface area contributed by atoms with E-state index < -0.39 is 4.92 Å². The van der Waals surface area contributed by atoms with Gasteiger partial charge in [-0.3, -0.25) is 10.1 Å². The van der Waals surface area contributed by atoms with Gasteiger partial charge in [0.05, 0.1) is 4.92 Å². The molecule has 112 valence electrons. The summed E-state index contributed by atoms with van der Waals surface area (Å²) in [6.45, 7) is 0. The molecule has 3 aromatic carbocycles. The van der Waals surface area contributed by atoms with Crippen LogP contribution in [0, 0.1) is 10.1 Å². The summed E-state index contributed by atoms with van der Waals surface area (Å²) in [5, 5.41) is 11.2. The summed E-state index contributed by atoms with van der Waals surface area (Å²) in [6.07, 6.45) is -0.330. The SMILES string of the molecule is O=[N+]([O-])c1ccccc1OC1c2ccccc2-c2ccccc21. The Labute approximate surface area is 133 Å². The summed E-state index contributed by atoms with van der Waals surface area (Å²) in [7, 11) is 0. The molecule has 0 atom stereocenters. The highest BCUT2D eigenvalue weighted by Gasteiger charge is 2.31. The predicted octanol–water partition coefficient (Wildman–Crippen LogP) is 4.74. The normalized spacial score (nSPS) is 12.5. The summed E-state index contributed by atoms with van der Waals surface area (Å²) < 4.78 is 6.08. The van der Waals surface area contributed by atoms with Crippen LogP contribution in [-0.2, 0) is 0 Å². The number of hydrogen-bond donors (Lipinski definition) is 0. The van der Waals surface area contributed by atoms with Gasteiger partial charge in [-0.15, -0.1) is 0 Å². The molecular formula is C19H13NO3. The van der Waals surface area contributed by atoms with E-state index in [4.69, 9.17) is 4.74 Å². The largest absolute Gasteiger partial charge is 0.474 e. The molecule has 0 fully saturated rings. The average Bonchev–Trinajstić information content (AvgIpc) is 2.90. The third-order valence-corrected chi connectivity index (χ3v) is 4.08. The monoisotopic (exact) mass is 303 g/mol. The molecule has 0 saturated heterocycles. The third kappa shape index (κ3) is 2.16. The molecule has 0 unspecified atom stereocenters. The maximum Gasteiger partial charge on any atom is 0.310 e. The van der Waals surface area contributed by atoms with Crippen molar-refractivity contribution in [1.29, 1.82) is 0 Å². The topological polar surface area (TPSA) is 52.4 Å². The Bertz CT molecular complexity index is 859. The first-order valence-electron chi connectivity index (χ1n) is 7.34. The van der Waals surface area contributed by atoms with Crippen molar-refractivity contribution in [2.45, 2.75) is 6.10 Å². The number of hydrogen-bond acceptors (Lipinski definition) is 3. The van der Waals surface area contributed by atoms with Crippen LogP contribution in [0.5, 0.6) is 5.75 Å². The molecule has 1 aliphatic rings. The van der Waals surface area contributed by atoms with E-state index in [0.29, 0.717) is 0 Å². The molecule has 3 aromatic rings. The molecular weight excluding hydrogens is 290 g/mol. The zero-order valence-electron chi connectivity index (χ0n) is 12.2. The van der Waals surface area contributed by atoms with Gasteiger partial charge in [0.25, 0.3) is 0 Å². The van der Waals surface area contributed by atoms with E-state index in [1.54, 1.807) is 18.2 Å². The van der Waals surface area contributed by atoms with Gasteiger partial charge in [0, 0.05) is 17.2 Å². The molecule has 0 aliphatic heterocycles. The van der Waals surface area contributed by atoms with E-state index in [0.717, 1.165) is 22.3 Å².